The first kappa shape index (κ1) is 113. The zero-order valence-corrected chi connectivity index (χ0v) is 71.0. The largest absolute Gasteiger partial charge is 0.479 e. The van der Waals surface area contributed by atoms with Gasteiger partial charge in [-0.2, -0.15) is 0 Å². The lowest BCUT2D eigenvalue weighted by Gasteiger charge is -2.53. The molecule has 0 aliphatic carbocycles. The number of nitrogens with two attached hydrogens (primary N) is 2. The van der Waals surface area contributed by atoms with Gasteiger partial charge in [0.1, 0.15) is 244 Å². The van der Waals surface area contributed by atoms with E-state index in [4.69, 9.17) is 111 Å². The Labute approximate surface area is 757 Å². The van der Waals surface area contributed by atoms with E-state index in [1.165, 1.54) is 0 Å². The van der Waals surface area contributed by atoms with E-state index in [9.17, 15) is 208 Å². The van der Waals surface area contributed by atoms with Crippen molar-refractivity contribution < 1.29 is 307 Å². The minimum atomic E-state index is -6.01. The third-order valence-electron chi connectivity index (χ3n) is 23.9. The summed E-state index contributed by atoms with van der Waals surface area (Å²) in [5.74, 6) is -14.7. The van der Waals surface area contributed by atoms with Gasteiger partial charge in [-0.05, 0) is 0 Å². The first-order valence-corrected chi connectivity index (χ1v) is 43.1. The summed E-state index contributed by atoms with van der Waals surface area (Å²) in [6.07, 6.45) is -138. The summed E-state index contributed by atoms with van der Waals surface area (Å²) in [6, 6.07) is -1.32. The van der Waals surface area contributed by atoms with Gasteiger partial charge in [-0.15, -0.1) is 0 Å². The van der Waals surface area contributed by atoms with Gasteiger partial charge < -0.3 is 290 Å². The first-order chi connectivity index (χ1) is 63.4. The van der Waals surface area contributed by atoms with E-state index in [1.807, 2.05) is 0 Å². The highest BCUT2D eigenvalue weighted by Gasteiger charge is 2.66. The van der Waals surface area contributed by atoms with Gasteiger partial charge in [0.2, 0.25) is 0 Å². The summed E-state index contributed by atoms with van der Waals surface area (Å²) >= 11 is 0. The lowest BCUT2D eigenvalue weighted by atomic mass is 9.89. The lowest BCUT2D eigenvalue weighted by molar-refractivity contribution is -0.420. The average molecular weight is 2010 g/mol. The molecular formula is C70H119N2O62P. The van der Waals surface area contributed by atoms with Gasteiger partial charge in [0.25, 0.3) is 11.6 Å². The Morgan fingerprint density at radius 1 is 0.393 bits per heavy atom. The molecule has 10 saturated heterocycles. The molecule has 41 N–H and O–H groups in total. The van der Waals surface area contributed by atoms with Crippen molar-refractivity contribution in [2.45, 2.75) is 343 Å². The van der Waals surface area contributed by atoms with E-state index in [-0.39, 0.29) is 0 Å². The number of carboxylic acid groups (broad SMARTS) is 3. The summed E-state index contributed by atoms with van der Waals surface area (Å²) in [7, 11) is -6.01. The van der Waals surface area contributed by atoms with Crippen LogP contribution in [0.1, 0.15) is 12.8 Å². The summed E-state index contributed by atoms with van der Waals surface area (Å²) in [4.78, 5) is 51.8. The maximum absolute atomic E-state index is 14.3. The average Bonchev–Trinajstić information content (AvgIpc) is 0.740. The Morgan fingerprint density at radius 3 is 1.36 bits per heavy atom. The van der Waals surface area contributed by atoms with E-state index in [0.29, 0.717) is 0 Å². The van der Waals surface area contributed by atoms with Gasteiger partial charge >= 0.3 is 25.7 Å². The maximum atomic E-state index is 14.3. The van der Waals surface area contributed by atoms with Crippen LogP contribution in [0.3, 0.4) is 0 Å². The highest BCUT2D eigenvalue weighted by molar-refractivity contribution is 7.47. The van der Waals surface area contributed by atoms with E-state index >= 15 is 0 Å². The lowest BCUT2D eigenvalue weighted by Crippen LogP contribution is -2.71. The van der Waals surface area contributed by atoms with Crippen molar-refractivity contribution >= 4 is 25.7 Å². The highest BCUT2D eigenvalue weighted by Crippen LogP contribution is 2.49. The molecule has 10 aliphatic rings. The monoisotopic (exact) mass is 2010 g/mol. The molecule has 10 aliphatic heterocycles. The van der Waals surface area contributed by atoms with Crippen molar-refractivity contribution in [1.29, 1.82) is 0 Å². The van der Waals surface area contributed by atoms with Crippen LogP contribution in [0.15, 0.2) is 0 Å². The molecule has 0 bridgehead atoms. The first-order valence-electron chi connectivity index (χ1n) is 41.6. The number of phosphoric ester groups is 1. The molecular weight excluding hydrogens is 1890 g/mol. The molecule has 0 aromatic heterocycles. The number of aliphatic hydroxyl groups excluding tert-OH is 32. The second-order valence-electron chi connectivity index (χ2n) is 33.3. The number of aliphatic carboxylic acids is 3. The van der Waals surface area contributed by atoms with Crippen LogP contribution in [0.25, 0.3) is 0 Å². The smallest absolute Gasteiger partial charge is 0.472 e. The predicted octanol–water partition coefficient (Wildman–Crippen LogP) is -25.5. The zero-order valence-electron chi connectivity index (χ0n) is 70.1. The van der Waals surface area contributed by atoms with Crippen LogP contribution in [0, 0.1) is 0 Å². The van der Waals surface area contributed by atoms with E-state index in [1.54, 1.807) is 0 Å². The topological polar surface area (TPSA) is 1060 Å². The minimum absolute atomic E-state index is 0.616. The minimum Gasteiger partial charge on any atom is -0.479 e. The summed E-state index contributed by atoms with van der Waals surface area (Å²) in [5, 5.41) is 404. The molecule has 64 nitrogen and oxygen atoms in total. The molecule has 55 atom stereocenters. The Morgan fingerprint density at radius 2 is 0.822 bits per heavy atom. The van der Waals surface area contributed by atoms with E-state index in [0.717, 1.165) is 0 Å². The molecule has 1 unspecified atom stereocenters. The van der Waals surface area contributed by atoms with Gasteiger partial charge in [-0.1, -0.05) is 0 Å². The highest BCUT2D eigenvalue weighted by atomic mass is 31.2. The fraction of sp³-hybridized carbons (Fsp3) is 0.957. The number of aliphatic hydroxyl groups is 33. The number of carboxylic acids is 3. The SMILES string of the molecule is NCCOP(=O)(O)O[C@@H](CO[C@H]1O[C@H]([C@@H](O)CO)[C@@H](O)[C@H](O)[C@@H]1O)[C@H]1O[C@H](O[C@@H]2[C@H](O)[C@@H](O[C@H]3[C@@H]([C@H](O)CO[C@H]4OC[C@H](N)[C@H](O)[C@H]4O)O[C@@](O)(C(=O)O)C[C@H]3O[C@]3(C(=O)O)C[C@@H](O)[C@@H](O)[C@@H]([C@H](O)CO)O3)O[C@H]([C@@H](O)CO)[C@H]2O[C@@H]2O[C@H](CO)[C@@H](O)[C@H](O)[C@H]2O)[C@@H](O)[C@@H](O[C@H]2O[C@H](C(=O)O)[C@H](O)[C@H](O)[C@H]2O[C@H]2O[C@H]([C@H](O)CO)[C@@H](O)[C@H](O)[C@@H]2O[C@H]2O[C@H]([C@@H](O)CO)[C@@H](O)[C@H](O)[C@@H]2O)[C@@H]1O. The van der Waals surface area contributed by atoms with Crippen molar-refractivity contribution in [3.05, 3.63) is 0 Å². The van der Waals surface area contributed by atoms with Crippen LogP contribution in [0.5, 0.6) is 0 Å². The van der Waals surface area contributed by atoms with Crippen molar-refractivity contribution in [3.63, 3.8) is 0 Å². The van der Waals surface area contributed by atoms with Crippen LogP contribution in [-0.2, 0) is 118 Å². The third kappa shape index (κ3) is 24.8. The van der Waals surface area contributed by atoms with Gasteiger partial charge in [-0.25, -0.2) is 18.9 Å². The number of rotatable bonds is 41. The maximum Gasteiger partial charge on any atom is 0.472 e. The summed E-state index contributed by atoms with van der Waals surface area (Å²) < 4.78 is 135. The van der Waals surface area contributed by atoms with Gasteiger partial charge in [0.05, 0.1) is 84.3 Å². The normalized spacial score (nSPS) is 47.8. The predicted molar refractivity (Wildman–Crippen MR) is 402 cm³/mol. The van der Waals surface area contributed by atoms with E-state index in [2.05, 4.69) is 0 Å². The van der Waals surface area contributed by atoms with E-state index < -0.39 is 442 Å². The van der Waals surface area contributed by atoms with Crippen molar-refractivity contribution in [2.24, 2.45) is 11.5 Å². The molecule has 10 heterocycles. The number of ether oxygens (including phenoxy) is 19. The second kappa shape index (κ2) is 47.9. The van der Waals surface area contributed by atoms with Crippen LogP contribution in [0.4, 0.5) is 0 Å². The fourth-order valence-electron chi connectivity index (χ4n) is 16.4. The molecule has 65 heteroatoms. The standard InChI is InChI=1S/C70H119N2O62P/c71-1-2-117-135(112,113)134-24(13-116-60-38(99)29(90)31(92)44(119-60)16(80)5-73)50-41(102)52(125-66-56(36(97)34(95)54(127-66)58(105)106)129-65-55(35(96)33(94)46(121-65)18(82)7-75)128-62-40(101)30(91)32(93)45(120-62)17(81)6-74)42(103)63(123-50)126-53-43(104)64(122-48(20(84)9-77)57(53)130-61-39(100)28(89)27(88)23(10-78)118-61)124-51-22(131-70(68(109)110)3-15(79)26(87)47(133-70)19(83)8-76)4-69(111,67(107)108)132-49(51)21(85)12-115-59-37(98)25(86)14(72)11-114-59/h14-57,59-66,73-104,111H,1-13,71-72H2,(H,105,106)(H,107,108)(H,109,110)(H,112,113)/t14-,15+,16-,17-,18+,19+,20-,21+,22+,23+,24-,25-,26+,27+,28-,29-,30-,31-,32-,33-,34+,35-,36-,37+,38-,39+,40-,41+,42-,43-,44+,45+,46+,47+,48+,49+,50+,51+,52-,53+,54-,55-,56+,57+,59+,60-,61-,62+,63+,64+,65+,66-,69+,70+/m0/s1. The molecule has 0 saturated carbocycles. The summed E-state index contributed by atoms with van der Waals surface area (Å²) in [5.41, 5.74) is 11.4. The van der Waals surface area contributed by atoms with Crippen molar-refractivity contribution in [3.8, 4) is 0 Å². The number of hydrogen-bond acceptors (Lipinski definition) is 60. The van der Waals surface area contributed by atoms with Crippen molar-refractivity contribution in [2.75, 3.05) is 72.6 Å². The second-order valence-corrected chi connectivity index (χ2v) is 34.7. The molecule has 10 rings (SSSR count). The summed E-state index contributed by atoms with van der Waals surface area (Å²) in [6.45, 7) is -13.7. The Bertz CT molecular complexity index is 3740. The quantitative estimate of drug-likeness (QED) is 0.0253. The van der Waals surface area contributed by atoms with Crippen LogP contribution in [0.2, 0.25) is 0 Å². The van der Waals surface area contributed by atoms with Gasteiger partial charge in [0, 0.05) is 19.4 Å². The molecule has 135 heavy (non-hydrogen) atoms. The Hall–Kier alpha value is -3.64. The van der Waals surface area contributed by atoms with Gasteiger partial charge in [0.15, 0.2) is 56.4 Å². The van der Waals surface area contributed by atoms with Crippen LogP contribution in [-0.4, -0.2) is 610 Å². The third-order valence-corrected chi connectivity index (χ3v) is 25.0. The Balaban J connectivity index is 1.16. The zero-order chi connectivity index (χ0) is 100. The molecule has 786 valence electrons. The molecule has 0 radical (unpaired) electrons. The Kier molecular flexibility index (Phi) is 40.2. The van der Waals surface area contributed by atoms with Crippen LogP contribution < -0.4 is 11.5 Å². The molecule has 0 amide bonds. The van der Waals surface area contributed by atoms with Gasteiger partial charge in [-0.3, -0.25) is 9.05 Å². The molecule has 0 aromatic carbocycles. The fourth-order valence-corrected chi connectivity index (χ4v) is 17.4. The number of carbonyl (C=O) groups is 3. The molecule has 0 aromatic rings. The number of hydrogen-bond donors (Lipinski definition) is 39. The molecule has 10 fully saturated rings. The number of phosphoric acid groups is 1. The molecule has 0 spiro atoms. The van der Waals surface area contributed by atoms with Crippen LogP contribution >= 0.6 is 7.82 Å². The van der Waals surface area contributed by atoms with Crippen molar-refractivity contribution in [1.82, 2.24) is 0 Å².